The number of benzene rings is 1. The molecule has 1 atom stereocenters. The van der Waals surface area contributed by atoms with E-state index in [-0.39, 0.29) is 5.91 Å². The molecule has 1 aromatic heterocycles. The summed E-state index contributed by atoms with van der Waals surface area (Å²) in [6, 6.07) is 7.44. The Morgan fingerprint density at radius 1 is 1.38 bits per heavy atom. The number of hydrogen-bond donors (Lipinski definition) is 2. The van der Waals surface area contributed by atoms with Crippen molar-refractivity contribution < 1.29 is 4.79 Å². The highest BCUT2D eigenvalue weighted by molar-refractivity contribution is 5.92. The van der Waals surface area contributed by atoms with Crippen LogP contribution in [0.2, 0.25) is 0 Å². The topological polar surface area (TPSA) is 72.9 Å². The molecule has 21 heavy (non-hydrogen) atoms. The molecule has 5 nitrogen and oxygen atoms in total. The second kappa shape index (κ2) is 6.10. The molecule has 0 radical (unpaired) electrons. The van der Waals surface area contributed by atoms with E-state index in [1.807, 2.05) is 18.3 Å². The smallest absolute Gasteiger partial charge is 0.248 e. The van der Waals surface area contributed by atoms with Gasteiger partial charge in [0.1, 0.15) is 5.82 Å². The van der Waals surface area contributed by atoms with Crippen LogP contribution >= 0.6 is 0 Å². The number of nitrogens with zero attached hydrogens (tertiary/aromatic N) is 2. The van der Waals surface area contributed by atoms with Gasteiger partial charge < -0.3 is 15.6 Å². The third-order valence-electron chi connectivity index (χ3n) is 4.03. The Labute approximate surface area is 124 Å². The van der Waals surface area contributed by atoms with E-state index in [2.05, 4.69) is 21.1 Å². The lowest BCUT2D eigenvalue weighted by Crippen LogP contribution is -2.29. The first-order valence-corrected chi connectivity index (χ1v) is 7.32. The Hall–Kier alpha value is -2.14. The number of fused-ring (bicyclic) bond motifs is 1. The standard InChI is InChI=1S/C16H20N4O/c17-16(21)14-4-1-12(2-5-14)9-18-10-13-3-6-15-19-7-8-20(15)11-13/h1-2,4-5,7-8,13,18H,3,6,9-11H2,(H2,17,21). The lowest BCUT2D eigenvalue weighted by atomic mass is 9.99. The summed E-state index contributed by atoms with van der Waals surface area (Å²) in [6.07, 6.45) is 6.19. The summed E-state index contributed by atoms with van der Waals surface area (Å²) in [4.78, 5) is 15.4. The summed E-state index contributed by atoms with van der Waals surface area (Å²) in [7, 11) is 0. The van der Waals surface area contributed by atoms with Crippen LogP contribution in [-0.4, -0.2) is 22.0 Å². The van der Waals surface area contributed by atoms with Crippen molar-refractivity contribution in [3.05, 3.63) is 53.6 Å². The molecule has 1 aliphatic heterocycles. The van der Waals surface area contributed by atoms with Crippen LogP contribution in [0.3, 0.4) is 0 Å². The van der Waals surface area contributed by atoms with Gasteiger partial charge in [-0.15, -0.1) is 0 Å². The maximum atomic E-state index is 11.0. The Kier molecular flexibility index (Phi) is 4.01. The van der Waals surface area contributed by atoms with Gasteiger partial charge in [-0.2, -0.15) is 0 Å². The van der Waals surface area contributed by atoms with Crippen LogP contribution in [0.15, 0.2) is 36.7 Å². The van der Waals surface area contributed by atoms with Crippen molar-refractivity contribution >= 4 is 5.91 Å². The van der Waals surface area contributed by atoms with Crippen molar-refractivity contribution in [2.24, 2.45) is 11.7 Å². The summed E-state index contributed by atoms with van der Waals surface area (Å²) in [6.45, 7) is 2.85. The van der Waals surface area contributed by atoms with Crippen LogP contribution < -0.4 is 11.1 Å². The van der Waals surface area contributed by atoms with Gasteiger partial charge in [0.25, 0.3) is 0 Å². The van der Waals surface area contributed by atoms with Crippen LogP contribution in [-0.2, 0) is 19.5 Å². The van der Waals surface area contributed by atoms with Gasteiger partial charge in [0.15, 0.2) is 0 Å². The van der Waals surface area contributed by atoms with Crippen molar-refractivity contribution in [2.45, 2.75) is 25.9 Å². The molecular formula is C16H20N4O. The number of primary amides is 1. The fourth-order valence-corrected chi connectivity index (χ4v) is 2.81. The van der Waals surface area contributed by atoms with Crippen LogP contribution in [0.1, 0.15) is 28.2 Å². The Bertz CT molecular complexity index is 617. The zero-order chi connectivity index (χ0) is 14.7. The molecular weight excluding hydrogens is 264 g/mol. The second-order valence-corrected chi connectivity index (χ2v) is 5.59. The molecule has 1 unspecified atom stereocenters. The molecule has 1 aromatic carbocycles. The SMILES string of the molecule is NC(=O)c1ccc(CNCC2CCc3nccn3C2)cc1. The largest absolute Gasteiger partial charge is 0.366 e. The van der Waals surface area contributed by atoms with Gasteiger partial charge in [-0.25, -0.2) is 4.98 Å². The molecule has 5 heteroatoms. The van der Waals surface area contributed by atoms with Gasteiger partial charge in [-0.1, -0.05) is 12.1 Å². The minimum Gasteiger partial charge on any atom is -0.366 e. The molecule has 0 saturated carbocycles. The van der Waals surface area contributed by atoms with Crippen LogP contribution in [0, 0.1) is 5.92 Å². The molecule has 0 spiro atoms. The van der Waals surface area contributed by atoms with E-state index in [1.54, 1.807) is 12.1 Å². The van der Waals surface area contributed by atoms with Crippen LogP contribution in [0.5, 0.6) is 0 Å². The van der Waals surface area contributed by atoms with Gasteiger partial charge in [0.05, 0.1) is 0 Å². The summed E-state index contributed by atoms with van der Waals surface area (Å²) >= 11 is 0. The molecule has 3 N–H and O–H groups in total. The maximum Gasteiger partial charge on any atom is 0.248 e. The summed E-state index contributed by atoms with van der Waals surface area (Å²) < 4.78 is 2.25. The molecule has 0 aliphatic carbocycles. The molecule has 0 saturated heterocycles. The highest BCUT2D eigenvalue weighted by Gasteiger charge is 2.18. The first-order chi connectivity index (χ1) is 10.2. The quantitative estimate of drug-likeness (QED) is 0.870. The molecule has 2 aromatic rings. The predicted octanol–water partition coefficient (Wildman–Crippen LogP) is 1.33. The number of aryl methyl sites for hydroxylation is 1. The normalized spacial score (nSPS) is 17.4. The number of aromatic nitrogens is 2. The number of nitrogens with two attached hydrogens (primary N) is 1. The van der Waals surface area contributed by atoms with Crippen molar-refractivity contribution in [3.63, 3.8) is 0 Å². The number of hydrogen-bond acceptors (Lipinski definition) is 3. The fourth-order valence-electron chi connectivity index (χ4n) is 2.81. The van der Waals surface area contributed by atoms with Crippen molar-refractivity contribution in [3.8, 4) is 0 Å². The fraction of sp³-hybridized carbons (Fsp3) is 0.375. The van der Waals surface area contributed by atoms with Crippen molar-refractivity contribution in [1.82, 2.24) is 14.9 Å². The molecule has 1 aliphatic rings. The van der Waals surface area contributed by atoms with E-state index in [0.717, 1.165) is 26.1 Å². The zero-order valence-electron chi connectivity index (χ0n) is 12.0. The van der Waals surface area contributed by atoms with E-state index in [0.29, 0.717) is 11.5 Å². The van der Waals surface area contributed by atoms with E-state index < -0.39 is 0 Å². The lowest BCUT2D eigenvalue weighted by Gasteiger charge is -2.24. The van der Waals surface area contributed by atoms with Crippen LogP contribution in [0.4, 0.5) is 0 Å². The highest BCUT2D eigenvalue weighted by atomic mass is 16.1. The monoisotopic (exact) mass is 284 g/mol. The third-order valence-corrected chi connectivity index (χ3v) is 4.03. The van der Waals surface area contributed by atoms with E-state index in [4.69, 9.17) is 5.73 Å². The Morgan fingerprint density at radius 3 is 2.95 bits per heavy atom. The molecule has 3 rings (SSSR count). The number of carbonyl (C=O) groups excluding carboxylic acids is 1. The number of imidazole rings is 1. The van der Waals surface area contributed by atoms with Crippen molar-refractivity contribution in [2.75, 3.05) is 6.54 Å². The van der Waals surface area contributed by atoms with E-state index >= 15 is 0 Å². The molecule has 110 valence electrons. The molecule has 1 amide bonds. The number of amides is 1. The van der Waals surface area contributed by atoms with E-state index in [1.165, 1.54) is 17.8 Å². The number of carbonyl (C=O) groups is 1. The van der Waals surface area contributed by atoms with Gasteiger partial charge in [-0.05, 0) is 36.6 Å². The summed E-state index contributed by atoms with van der Waals surface area (Å²) in [5.41, 5.74) is 6.95. The van der Waals surface area contributed by atoms with Gasteiger partial charge >= 0.3 is 0 Å². The molecule has 2 heterocycles. The Morgan fingerprint density at radius 2 is 2.19 bits per heavy atom. The second-order valence-electron chi connectivity index (χ2n) is 5.59. The predicted molar refractivity (Wildman–Crippen MR) is 80.7 cm³/mol. The molecule has 0 bridgehead atoms. The maximum absolute atomic E-state index is 11.0. The molecule has 0 fully saturated rings. The number of rotatable bonds is 5. The first-order valence-electron chi connectivity index (χ1n) is 7.32. The highest BCUT2D eigenvalue weighted by Crippen LogP contribution is 2.18. The van der Waals surface area contributed by atoms with Crippen molar-refractivity contribution in [1.29, 1.82) is 0 Å². The minimum absolute atomic E-state index is 0.382. The van der Waals surface area contributed by atoms with Gasteiger partial charge in [-0.3, -0.25) is 4.79 Å². The average molecular weight is 284 g/mol. The van der Waals surface area contributed by atoms with Gasteiger partial charge in [0, 0.05) is 37.5 Å². The zero-order valence-corrected chi connectivity index (χ0v) is 12.0. The van der Waals surface area contributed by atoms with Crippen LogP contribution in [0.25, 0.3) is 0 Å². The Balaban J connectivity index is 1.47. The van der Waals surface area contributed by atoms with E-state index in [9.17, 15) is 4.79 Å². The first kappa shape index (κ1) is 13.8. The summed E-state index contributed by atoms with van der Waals surface area (Å²) in [5.74, 6) is 1.47. The third kappa shape index (κ3) is 3.31. The summed E-state index contributed by atoms with van der Waals surface area (Å²) in [5, 5.41) is 3.49. The van der Waals surface area contributed by atoms with Gasteiger partial charge in [0.2, 0.25) is 5.91 Å². The number of nitrogens with one attached hydrogen (secondary N) is 1. The lowest BCUT2D eigenvalue weighted by molar-refractivity contribution is 0.100. The average Bonchev–Trinajstić information content (AvgIpc) is 2.95. The minimum atomic E-state index is -0.382.